The Morgan fingerprint density at radius 3 is 2.32 bits per heavy atom. The van der Waals surface area contributed by atoms with Crippen molar-refractivity contribution in [1.82, 2.24) is 0 Å². The number of ether oxygens (including phenoxy) is 2. The first kappa shape index (κ1) is 12.5. The van der Waals surface area contributed by atoms with Crippen molar-refractivity contribution in [3.63, 3.8) is 0 Å². The highest BCUT2D eigenvalue weighted by atomic mass is 79.9. The molecule has 0 atom stereocenters. The highest BCUT2D eigenvalue weighted by Crippen LogP contribution is 2.38. The molecule has 19 heavy (non-hydrogen) atoms. The van der Waals surface area contributed by atoms with E-state index in [1.807, 2.05) is 0 Å². The van der Waals surface area contributed by atoms with Crippen LogP contribution in [-0.2, 0) is 19.1 Å². The van der Waals surface area contributed by atoms with Crippen molar-refractivity contribution in [2.75, 3.05) is 0 Å². The van der Waals surface area contributed by atoms with E-state index in [0.717, 1.165) is 12.8 Å². The number of rotatable bonds is 1. The molecule has 0 aromatic carbocycles. The van der Waals surface area contributed by atoms with Crippen LogP contribution >= 0.6 is 15.9 Å². The third-order valence-corrected chi connectivity index (χ3v) is 3.94. The van der Waals surface area contributed by atoms with E-state index in [-0.39, 0.29) is 5.57 Å². The van der Waals surface area contributed by atoms with Crippen molar-refractivity contribution in [2.45, 2.75) is 31.5 Å². The van der Waals surface area contributed by atoms with Gasteiger partial charge in [0.15, 0.2) is 0 Å². The molecule has 2 aliphatic rings. The summed E-state index contributed by atoms with van der Waals surface area (Å²) in [6.45, 7) is 0. The molecule has 1 aromatic heterocycles. The minimum atomic E-state index is -1.04. The fraction of sp³-hybridized carbons (Fsp3) is 0.385. The van der Waals surface area contributed by atoms with Gasteiger partial charge in [-0.1, -0.05) is 0 Å². The summed E-state index contributed by atoms with van der Waals surface area (Å²) in [5.41, 5.74) is -0.145. The number of hydrogen-bond donors (Lipinski definition) is 0. The van der Waals surface area contributed by atoms with Gasteiger partial charge in [0.1, 0.15) is 11.3 Å². The van der Waals surface area contributed by atoms with Gasteiger partial charge >= 0.3 is 11.9 Å². The van der Waals surface area contributed by atoms with Crippen LogP contribution in [0.25, 0.3) is 6.08 Å². The molecule has 0 radical (unpaired) electrons. The molecular formula is C13H11BrO5. The fourth-order valence-electron chi connectivity index (χ4n) is 2.33. The van der Waals surface area contributed by atoms with E-state index >= 15 is 0 Å². The Morgan fingerprint density at radius 1 is 1.16 bits per heavy atom. The van der Waals surface area contributed by atoms with Gasteiger partial charge in [0.2, 0.25) is 0 Å². The van der Waals surface area contributed by atoms with Crippen LogP contribution in [0.2, 0.25) is 0 Å². The molecule has 1 aliphatic carbocycles. The van der Waals surface area contributed by atoms with Gasteiger partial charge in [-0.15, -0.1) is 0 Å². The zero-order valence-electron chi connectivity index (χ0n) is 9.98. The summed E-state index contributed by atoms with van der Waals surface area (Å²) in [4.78, 5) is 23.9. The van der Waals surface area contributed by atoms with Gasteiger partial charge in [-0.05, 0) is 34.8 Å². The van der Waals surface area contributed by atoms with E-state index in [4.69, 9.17) is 13.9 Å². The van der Waals surface area contributed by atoms with Gasteiger partial charge in [-0.2, -0.15) is 0 Å². The maximum Gasteiger partial charge on any atom is 0.349 e. The highest BCUT2D eigenvalue weighted by Gasteiger charge is 2.48. The Labute approximate surface area is 117 Å². The van der Waals surface area contributed by atoms with Crippen LogP contribution in [0, 0.1) is 0 Å². The average molecular weight is 327 g/mol. The molecule has 100 valence electrons. The predicted octanol–water partition coefficient (Wildman–Crippen LogP) is 2.80. The van der Waals surface area contributed by atoms with Gasteiger partial charge in [-0.25, -0.2) is 9.59 Å². The molecule has 2 fully saturated rings. The normalized spacial score (nSPS) is 21.4. The van der Waals surface area contributed by atoms with Crippen LogP contribution in [0.5, 0.6) is 0 Å². The summed E-state index contributed by atoms with van der Waals surface area (Å²) in [6.07, 6.45) is 5.71. The summed E-state index contributed by atoms with van der Waals surface area (Å²) in [6, 6.07) is 1.67. The SMILES string of the molecule is O=C1OC2(CCCC2)OC(=O)C1=Cc1occc1Br. The van der Waals surface area contributed by atoms with Gasteiger partial charge in [0, 0.05) is 18.9 Å². The lowest BCUT2D eigenvalue weighted by molar-refractivity contribution is -0.232. The second-order valence-electron chi connectivity index (χ2n) is 4.59. The Morgan fingerprint density at radius 2 is 1.79 bits per heavy atom. The Kier molecular flexibility index (Phi) is 2.97. The van der Waals surface area contributed by atoms with Crippen molar-refractivity contribution < 1.29 is 23.5 Å². The predicted molar refractivity (Wildman–Crippen MR) is 67.8 cm³/mol. The molecule has 1 saturated heterocycles. The molecule has 5 nitrogen and oxygen atoms in total. The zero-order valence-corrected chi connectivity index (χ0v) is 11.6. The van der Waals surface area contributed by atoms with Crippen LogP contribution in [0.4, 0.5) is 0 Å². The summed E-state index contributed by atoms with van der Waals surface area (Å²) in [5, 5.41) is 0. The molecule has 0 N–H and O–H groups in total. The number of furan rings is 1. The van der Waals surface area contributed by atoms with Crippen LogP contribution < -0.4 is 0 Å². The lowest BCUT2D eigenvalue weighted by atomic mass is 10.1. The highest BCUT2D eigenvalue weighted by molar-refractivity contribution is 9.10. The maximum atomic E-state index is 12.0. The average Bonchev–Trinajstić information content (AvgIpc) is 2.94. The lowest BCUT2D eigenvalue weighted by Gasteiger charge is -2.32. The van der Waals surface area contributed by atoms with Crippen LogP contribution in [0.3, 0.4) is 0 Å². The quantitative estimate of drug-likeness (QED) is 0.451. The molecule has 2 heterocycles. The minimum absolute atomic E-state index is 0.145. The van der Waals surface area contributed by atoms with E-state index in [2.05, 4.69) is 15.9 Å². The maximum absolute atomic E-state index is 12.0. The molecular weight excluding hydrogens is 316 g/mol. The summed E-state index contributed by atoms with van der Waals surface area (Å²) >= 11 is 3.25. The van der Waals surface area contributed by atoms with E-state index in [9.17, 15) is 9.59 Å². The molecule has 1 aliphatic heterocycles. The standard InChI is InChI=1S/C13H11BrO5/c14-9-3-6-17-10(9)7-8-11(15)18-13(19-12(8)16)4-1-2-5-13/h3,6-7H,1-2,4-5H2. The molecule has 3 rings (SSSR count). The van der Waals surface area contributed by atoms with Gasteiger partial charge < -0.3 is 13.9 Å². The molecule has 1 saturated carbocycles. The summed E-state index contributed by atoms with van der Waals surface area (Å²) in [5.74, 6) is -1.96. The minimum Gasteiger partial charge on any atom is -0.464 e. The van der Waals surface area contributed by atoms with Crippen molar-refractivity contribution >= 4 is 33.9 Å². The topological polar surface area (TPSA) is 65.7 Å². The third-order valence-electron chi connectivity index (χ3n) is 3.28. The number of carbonyl (C=O) groups is 2. The Balaban J connectivity index is 1.89. The first-order valence-electron chi connectivity index (χ1n) is 6.01. The van der Waals surface area contributed by atoms with Crippen molar-refractivity contribution in [2.24, 2.45) is 0 Å². The van der Waals surface area contributed by atoms with Crippen molar-refractivity contribution in [3.05, 3.63) is 28.1 Å². The van der Waals surface area contributed by atoms with Gasteiger partial charge in [0.25, 0.3) is 5.79 Å². The van der Waals surface area contributed by atoms with Gasteiger partial charge in [0.05, 0.1) is 10.7 Å². The van der Waals surface area contributed by atoms with Gasteiger partial charge in [-0.3, -0.25) is 0 Å². The summed E-state index contributed by atoms with van der Waals surface area (Å²) < 4.78 is 16.4. The number of esters is 2. The van der Waals surface area contributed by atoms with E-state index in [0.29, 0.717) is 23.1 Å². The Bertz CT molecular complexity index is 543. The largest absolute Gasteiger partial charge is 0.464 e. The second-order valence-corrected chi connectivity index (χ2v) is 5.44. The number of halogens is 1. The molecule has 0 amide bonds. The number of hydrogen-bond acceptors (Lipinski definition) is 5. The second kappa shape index (κ2) is 4.52. The monoisotopic (exact) mass is 326 g/mol. The van der Waals surface area contributed by atoms with Crippen molar-refractivity contribution in [3.8, 4) is 0 Å². The van der Waals surface area contributed by atoms with Crippen LogP contribution in [0.1, 0.15) is 31.4 Å². The van der Waals surface area contributed by atoms with Crippen molar-refractivity contribution in [1.29, 1.82) is 0 Å². The summed E-state index contributed by atoms with van der Waals surface area (Å²) in [7, 11) is 0. The Hall–Kier alpha value is -1.56. The zero-order chi connectivity index (χ0) is 13.5. The number of carbonyl (C=O) groups excluding carboxylic acids is 2. The van der Waals surface area contributed by atoms with E-state index < -0.39 is 17.7 Å². The first-order chi connectivity index (χ1) is 9.10. The first-order valence-corrected chi connectivity index (χ1v) is 6.80. The molecule has 1 aromatic rings. The third kappa shape index (κ3) is 2.20. The molecule has 1 spiro atoms. The molecule has 0 unspecified atom stereocenters. The fourth-order valence-corrected chi connectivity index (χ4v) is 2.64. The van der Waals surface area contributed by atoms with Crippen LogP contribution in [-0.4, -0.2) is 17.7 Å². The van der Waals surface area contributed by atoms with Crippen LogP contribution in [0.15, 0.2) is 26.8 Å². The molecule has 0 bridgehead atoms. The smallest absolute Gasteiger partial charge is 0.349 e. The van der Waals surface area contributed by atoms with E-state index in [1.165, 1.54) is 12.3 Å². The van der Waals surface area contributed by atoms with E-state index in [1.54, 1.807) is 6.07 Å². The lowest BCUT2D eigenvalue weighted by Crippen LogP contribution is -2.44. The molecule has 6 heteroatoms.